The van der Waals surface area contributed by atoms with Gasteiger partial charge in [-0.2, -0.15) is 0 Å². The van der Waals surface area contributed by atoms with Crippen molar-refractivity contribution in [2.24, 2.45) is 0 Å². The molecular weight excluding hydrogens is 159 g/mol. The number of hydrogen-bond donors (Lipinski definition) is 0. The van der Waals surface area contributed by atoms with E-state index in [1.54, 1.807) is 0 Å². The summed E-state index contributed by atoms with van der Waals surface area (Å²) in [6.45, 7) is 4.85. The van der Waals surface area contributed by atoms with Crippen molar-refractivity contribution in [2.45, 2.75) is 6.92 Å². The van der Waals surface area contributed by atoms with Gasteiger partial charge in [-0.1, -0.05) is 18.7 Å². The molecule has 0 aliphatic heterocycles. The molecule has 0 aromatic rings. The Morgan fingerprint density at radius 2 is 2.17 bits per heavy atom. The van der Waals surface area contributed by atoms with Crippen molar-refractivity contribution >= 4 is 5.97 Å². The van der Waals surface area contributed by atoms with Gasteiger partial charge in [-0.05, 0) is 13.0 Å². The minimum absolute atomic E-state index is 0.116. The van der Waals surface area contributed by atoms with Crippen molar-refractivity contribution in [3.8, 4) is 0 Å². The Bertz CT molecular complexity index is 239. The Labute approximate surface area is 71.0 Å². The maximum absolute atomic E-state index is 12.9. The molecule has 0 aliphatic carbocycles. The molecule has 0 aromatic carbocycles. The summed E-state index contributed by atoms with van der Waals surface area (Å²) >= 11 is 0. The molecule has 0 radical (unpaired) electrons. The summed E-state index contributed by atoms with van der Waals surface area (Å²) in [5, 5.41) is 0. The van der Waals surface area contributed by atoms with Crippen LogP contribution in [0.5, 0.6) is 0 Å². The van der Waals surface area contributed by atoms with Gasteiger partial charge < -0.3 is 4.74 Å². The third-order valence-corrected chi connectivity index (χ3v) is 1.20. The van der Waals surface area contributed by atoms with Gasteiger partial charge in [0, 0.05) is 0 Å². The van der Waals surface area contributed by atoms with Gasteiger partial charge in [-0.15, -0.1) is 0 Å². The lowest BCUT2D eigenvalue weighted by atomic mass is 10.2. The van der Waals surface area contributed by atoms with Gasteiger partial charge in [0.1, 0.15) is 5.83 Å². The van der Waals surface area contributed by atoms with Crippen molar-refractivity contribution in [3.63, 3.8) is 0 Å². The first-order valence-electron chi connectivity index (χ1n) is 3.40. The fourth-order valence-corrected chi connectivity index (χ4v) is 0.628. The molecule has 0 atom stereocenters. The monoisotopic (exact) mass is 170 g/mol. The van der Waals surface area contributed by atoms with Crippen molar-refractivity contribution in [1.29, 1.82) is 0 Å². The number of carbonyl (C=O) groups excluding carboxylic acids is 1. The standard InChI is InChI=1S/C9H11FO2/c1-4-6-7(8(10)5-2)9(11)12-3/h4-6H,1H2,2-3H3/b7-6+,8-5+. The molecule has 2 nitrogen and oxygen atoms in total. The summed E-state index contributed by atoms with van der Waals surface area (Å²) in [6.07, 6.45) is 3.78. The van der Waals surface area contributed by atoms with Gasteiger partial charge in [-0.25, -0.2) is 9.18 Å². The fraction of sp³-hybridized carbons (Fsp3) is 0.222. The van der Waals surface area contributed by atoms with Gasteiger partial charge >= 0.3 is 5.97 Å². The van der Waals surface area contributed by atoms with E-state index in [2.05, 4.69) is 11.3 Å². The zero-order valence-electron chi connectivity index (χ0n) is 7.13. The van der Waals surface area contributed by atoms with E-state index in [0.717, 1.165) is 0 Å². The van der Waals surface area contributed by atoms with Crippen LogP contribution in [0.4, 0.5) is 4.39 Å². The first kappa shape index (κ1) is 10.6. The van der Waals surface area contributed by atoms with E-state index >= 15 is 0 Å². The fourth-order valence-electron chi connectivity index (χ4n) is 0.628. The third-order valence-electron chi connectivity index (χ3n) is 1.20. The highest BCUT2D eigenvalue weighted by molar-refractivity contribution is 5.92. The smallest absolute Gasteiger partial charge is 0.340 e. The van der Waals surface area contributed by atoms with Crippen LogP contribution in [0.1, 0.15) is 6.92 Å². The van der Waals surface area contributed by atoms with Crippen LogP contribution in [0, 0.1) is 0 Å². The zero-order valence-corrected chi connectivity index (χ0v) is 7.13. The van der Waals surface area contributed by atoms with Gasteiger partial charge in [0.05, 0.1) is 12.7 Å². The van der Waals surface area contributed by atoms with Crippen LogP contribution < -0.4 is 0 Å². The summed E-state index contributed by atoms with van der Waals surface area (Å²) in [6, 6.07) is 0. The first-order chi connectivity index (χ1) is 5.67. The molecule has 0 spiro atoms. The molecule has 0 aliphatic rings. The number of methoxy groups -OCH3 is 1. The third kappa shape index (κ3) is 2.70. The minimum atomic E-state index is -0.703. The second-order valence-electron chi connectivity index (χ2n) is 1.94. The predicted octanol–water partition coefficient (Wildman–Crippen LogP) is 2.15. The highest BCUT2D eigenvalue weighted by atomic mass is 19.1. The molecule has 3 heteroatoms. The Kier molecular flexibility index (Phi) is 4.69. The van der Waals surface area contributed by atoms with Gasteiger partial charge in [0.25, 0.3) is 0 Å². The maximum Gasteiger partial charge on any atom is 0.340 e. The lowest BCUT2D eigenvalue weighted by Crippen LogP contribution is -2.04. The van der Waals surface area contributed by atoms with E-state index in [0.29, 0.717) is 0 Å². The SMILES string of the molecule is C=C/C=C(C(=O)OC)\C(F)=C/C. The summed E-state index contributed by atoms with van der Waals surface area (Å²) in [7, 11) is 1.20. The van der Waals surface area contributed by atoms with Crippen molar-refractivity contribution in [1.82, 2.24) is 0 Å². The molecule has 0 rings (SSSR count). The summed E-state index contributed by atoms with van der Waals surface area (Å²) in [4.78, 5) is 10.9. The molecule has 0 heterocycles. The summed E-state index contributed by atoms with van der Waals surface area (Å²) < 4.78 is 17.2. The second kappa shape index (κ2) is 5.29. The molecule has 12 heavy (non-hydrogen) atoms. The lowest BCUT2D eigenvalue weighted by molar-refractivity contribution is -0.135. The van der Waals surface area contributed by atoms with Crippen LogP contribution >= 0.6 is 0 Å². The zero-order chi connectivity index (χ0) is 9.56. The number of carbonyl (C=O) groups is 1. The number of halogens is 1. The van der Waals surface area contributed by atoms with E-state index in [-0.39, 0.29) is 5.57 Å². The van der Waals surface area contributed by atoms with Gasteiger partial charge in [0.15, 0.2) is 0 Å². The molecule has 0 saturated heterocycles. The molecule has 66 valence electrons. The molecular formula is C9H11FO2. The van der Waals surface area contributed by atoms with Crippen molar-refractivity contribution < 1.29 is 13.9 Å². The van der Waals surface area contributed by atoms with Gasteiger partial charge in [-0.3, -0.25) is 0 Å². The number of rotatable bonds is 3. The van der Waals surface area contributed by atoms with Crippen LogP contribution in [-0.4, -0.2) is 13.1 Å². The Morgan fingerprint density at radius 1 is 1.58 bits per heavy atom. The molecule has 0 N–H and O–H groups in total. The number of allylic oxidation sites excluding steroid dienone is 3. The van der Waals surface area contributed by atoms with Crippen LogP contribution in [0.3, 0.4) is 0 Å². The van der Waals surface area contributed by atoms with Crippen LogP contribution in [0.15, 0.2) is 36.2 Å². The molecule has 0 saturated carbocycles. The average Bonchev–Trinajstić information content (AvgIpc) is 2.11. The van der Waals surface area contributed by atoms with E-state index in [1.165, 1.54) is 32.3 Å². The van der Waals surface area contributed by atoms with Crippen LogP contribution in [0.25, 0.3) is 0 Å². The predicted molar refractivity (Wildman–Crippen MR) is 45.2 cm³/mol. The molecule has 0 aromatic heterocycles. The normalized spacial score (nSPS) is 12.6. The largest absolute Gasteiger partial charge is 0.465 e. The summed E-state index contributed by atoms with van der Waals surface area (Å²) in [5.41, 5.74) is -0.116. The quantitative estimate of drug-likeness (QED) is 0.368. The number of hydrogen-bond acceptors (Lipinski definition) is 2. The Balaban J connectivity index is 4.80. The Hall–Kier alpha value is -1.38. The van der Waals surface area contributed by atoms with E-state index < -0.39 is 11.8 Å². The molecule has 0 amide bonds. The highest BCUT2D eigenvalue weighted by Crippen LogP contribution is 2.12. The molecule has 0 bridgehead atoms. The maximum atomic E-state index is 12.9. The van der Waals surface area contributed by atoms with Crippen molar-refractivity contribution in [2.75, 3.05) is 7.11 Å². The van der Waals surface area contributed by atoms with Crippen LogP contribution in [0.2, 0.25) is 0 Å². The first-order valence-corrected chi connectivity index (χ1v) is 3.40. The average molecular weight is 170 g/mol. The van der Waals surface area contributed by atoms with Crippen LogP contribution in [-0.2, 0) is 9.53 Å². The highest BCUT2D eigenvalue weighted by Gasteiger charge is 2.12. The molecule has 0 fully saturated rings. The number of esters is 1. The summed E-state index contributed by atoms with van der Waals surface area (Å²) in [5.74, 6) is -1.31. The Morgan fingerprint density at radius 3 is 2.50 bits per heavy atom. The van der Waals surface area contributed by atoms with E-state index in [1.807, 2.05) is 0 Å². The topological polar surface area (TPSA) is 26.3 Å². The molecule has 0 unspecified atom stereocenters. The van der Waals surface area contributed by atoms with Gasteiger partial charge in [0.2, 0.25) is 0 Å². The van der Waals surface area contributed by atoms with E-state index in [9.17, 15) is 9.18 Å². The minimum Gasteiger partial charge on any atom is -0.465 e. The second-order valence-corrected chi connectivity index (χ2v) is 1.94. The van der Waals surface area contributed by atoms with E-state index in [4.69, 9.17) is 0 Å². The van der Waals surface area contributed by atoms with Crippen molar-refractivity contribution in [3.05, 3.63) is 36.2 Å². The number of ether oxygens (including phenoxy) is 1. The lowest BCUT2D eigenvalue weighted by Gasteiger charge is -2.00.